The Hall–Kier alpha value is -1.62. The van der Waals surface area contributed by atoms with Crippen molar-refractivity contribution in [1.82, 2.24) is 15.2 Å². The highest BCUT2D eigenvalue weighted by atomic mass is 32.2. The largest absolute Gasteiger partial charge is 0.361 e. The maximum absolute atomic E-state index is 4.48. The van der Waals surface area contributed by atoms with Crippen LogP contribution in [0.1, 0.15) is 25.3 Å². The first-order chi connectivity index (χ1) is 11.8. The summed E-state index contributed by atoms with van der Waals surface area (Å²) in [5, 5.41) is 5.64. The van der Waals surface area contributed by atoms with Crippen LogP contribution in [0.15, 0.2) is 35.5 Å². The Balaban J connectivity index is 1.48. The smallest absolute Gasteiger partial charge is 0.193 e. The van der Waals surface area contributed by atoms with Crippen LogP contribution in [-0.4, -0.2) is 53.5 Å². The van der Waals surface area contributed by atoms with Gasteiger partial charge in [-0.15, -0.1) is 0 Å². The van der Waals surface area contributed by atoms with Gasteiger partial charge in [0.05, 0.1) is 0 Å². The summed E-state index contributed by atoms with van der Waals surface area (Å²) < 4.78 is 0. The van der Waals surface area contributed by atoms with E-state index in [9.17, 15) is 0 Å². The van der Waals surface area contributed by atoms with Crippen LogP contribution in [0.4, 0.5) is 0 Å². The van der Waals surface area contributed by atoms with Crippen molar-refractivity contribution in [2.45, 2.75) is 31.4 Å². The molecule has 1 aliphatic rings. The molecule has 2 N–H and O–H groups in total. The van der Waals surface area contributed by atoms with Gasteiger partial charge in [0, 0.05) is 54.8 Å². The fraction of sp³-hybridized carbons (Fsp3) is 0.526. The van der Waals surface area contributed by atoms with Gasteiger partial charge in [0.15, 0.2) is 5.96 Å². The average Bonchev–Trinajstić information content (AvgIpc) is 3.05. The van der Waals surface area contributed by atoms with E-state index in [1.165, 1.54) is 28.6 Å². The van der Waals surface area contributed by atoms with Crippen molar-refractivity contribution in [3.8, 4) is 0 Å². The fourth-order valence-electron chi connectivity index (χ4n) is 3.31. The Kier molecular flexibility index (Phi) is 6.07. The number of nitrogens with zero attached hydrogens (tertiary/aromatic N) is 2. The van der Waals surface area contributed by atoms with E-state index >= 15 is 0 Å². The molecule has 130 valence electrons. The van der Waals surface area contributed by atoms with Gasteiger partial charge in [-0.2, -0.15) is 11.8 Å². The van der Waals surface area contributed by atoms with Crippen LogP contribution in [0.25, 0.3) is 10.9 Å². The minimum absolute atomic E-state index is 0.739. The maximum atomic E-state index is 4.48. The Labute approximate surface area is 149 Å². The quantitative estimate of drug-likeness (QED) is 0.496. The molecule has 1 fully saturated rings. The van der Waals surface area contributed by atoms with Gasteiger partial charge in [-0.25, -0.2) is 0 Å². The number of hydrogen-bond donors (Lipinski definition) is 2. The second kappa shape index (κ2) is 8.47. The molecule has 5 heteroatoms. The normalized spacial score (nSPS) is 19.0. The first-order valence-electron chi connectivity index (χ1n) is 8.94. The van der Waals surface area contributed by atoms with Crippen LogP contribution in [0, 0.1) is 0 Å². The number of fused-ring (bicyclic) bond motifs is 1. The summed E-state index contributed by atoms with van der Waals surface area (Å²) in [6, 6.07) is 8.52. The third-order valence-electron chi connectivity index (χ3n) is 4.69. The number of thioether (sulfide) groups is 1. The van der Waals surface area contributed by atoms with E-state index in [-0.39, 0.29) is 0 Å². The van der Waals surface area contributed by atoms with Crippen molar-refractivity contribution in [2.75, 3.05) is 32.4 Å². The first kappa shape index (κ1) is 17.2. The maximum Gasteiger partial charge on any atom is 0.193 e. The minimum atomic E-state index is 0.739. The molecule has 1 unspecified atom stereocenters. The summed E-state index contributed by atoms with van der Waals surface area (Å²) in [4.78, 5) is 10.3. The molecule has 1 atom stereocenters. The number of H-pyrrole nitrogens is 1. The summed E-state index contributed by atoms with van der Waals surface area (Å²) in [7, 11) is 1.89. The van der Waals surface area contributed by atoms with Gasteiger partial charge < -0.3 is 15.2 Å². The number of aromatic amines is 1. The number of guanidine groups is 1. The Morgan fingerprint density at radius 1 is 1.42 bits per heavy atom. The van der Waals surface area contributed by atoms with Crippen LogP contribution in [0.5, 0.6) is 0 Å². The lowest BCUT2D eigenvalue weighted by molar-refractivity contribution is 0.408. The molecule has 1 aromatic heterocycles. The number of aromatic nitrogens is 1. The van der Waals surface area contributed by atoms with Crippen LogP contribution in [0.2, 0.25) is 0 Å². The second-order valence-electron chi connectivity index (χ2n) is 6.28. The molecule has 0 radical (unpaired) electrons. The zero-order chi connectivity index (χ0) is 16.8. The highest BCUT2D eigenvalue weighted by Crippen LogP contribution is 2.21. The molecule has 0 aliphatic carbocycles. The number of nitrogens with one attached hydrogen (secondary N) is 2. The van der Waals surface area contributed by atoms with Gasteiger partial charge in [0.25, 0.3) is 0 Å². The molecule has 0 bridgehead atoms. The average molecular weight is 345 g/mol. The van der Waals surface area contributed by atoms with Gasteiger partial charge in [-0.1, -0.05) is 25.1 Å². The third-order valence-corrected chi connectivity index (χ3v) is 6.06. The second-order valence-corrected chi connectivity index (χ2v) is 7.69. The lowest BCUT2D eigenvalue weighted by Gasteiger charge is -2.34. The van der Waals surface area contributed by atoms with E-state index in [1.54, 1.807) is 0 Å². The summed E-state index contributed by atoms with van der Waals surface area (Å²) >= 11 is 2.09. The molecule has 2 aromatic rings. The van der Waals surface area contributed by atoms with E-state index in [0.29, 0.717) is 0 Å². The van der Waals surface area contributed by atoms with Crippen molar-refractivity contribution in [1.29, 1.82) is 0 Å². The topological polar surface area (TPSA) is 43.4 Å². The molecular weight excluding hydrogens is 316 g/mol. The molecular formula is C19H28N4S. The molecule has 0 spiro atoms. The van der Waals surface area contributed by atoms with Crippen molar-refractivity contribution < 1.29 is 0 Å². The highest BCUT2D eigenvalue weighted by molar-refractivity contribution is 8.00. The van der Waals surface area contributed by atoms with Crippen molar-refractivity contribution >= 4 is 28.6 Å². The van der Waals surface area contributed by atoms with Gasteiger partial charge in [0.2, 0.25) is 0 Å². The Morgan fingerprint density at radius 3 is 3.12 bits per heavy atom. The monoisotopic (exact) mass is 344 g/mol. The number of aliphatic imine (C=N–C) groups is 1. The van der Waals surface area contributed by atoms with E-state index in [1.807, 2.05) is 7.05 Å². The first-order valence-corrected chi connectivity index (χ1v) is 9.99. The highest BCUT2D eigenvalue weighted by Gasteiger charge is 2.21. The zero-order valence-corrected chi connectivity index (χ0v) is 15.5. The van der Waals surface area contributed by atoms with Gasteiger partial charge in [0.1, 0.15) is 0 Å². The molecule has 24 heavy (non-hydrogen) atoms. The molecule has 0 amide bonds. The van der Waals surface area contributed by atoms with Crippen molar-refractivity contribution in [3.05, 3.63) is 36.0 Å². The van der Waals surface area contributed by atoms with Crippen molar-refractivity contribution in [2.24, 2.45) is 4.99 Å². The minimum Gasteiger partial charge on any atom is -0.361 e. The van der Waals surface area contributed by atoms with Crippen LogP contribution >= 0.6 is 11.8 Å². The predicted molar refractivity (Wildman–Crippen MR) is 106 cm³/mol. The lowest BCUT2D eigenvalue weighted by atomic mass is 10.1. The molecule has 1 aliphatic heterocycles. The molecule has 1 saturated heterocycles. The molecule has 2 heterocycles. The van der Waals surface area contributed by atoms with E-state index in [0.717, 1.165) is 43.7 Å². The van der Waals surface area contributed by atoms with Gasteiger partial charge in [-0.05, 0) is 30.9 Å². The Bertz CT molecular complexity index is 679. The van der Waals surface area contributed by atoms with Gasteiger partial charge in [-0.3, -0.25) is 4.99 Å². The van der Waals surface area contributed by atoms with Crippen molar-refractivity contribution in [3.63, 3.8) is 0 Å². The van der Waals surface area contributed by atoms with Crippen LogP contribution in [0.3, 0.4) is 0 Å². The van der Waals surface area contributed by atoms with Gasteiger partial charge >= 0.3 is 0 Å². The third kappa shape index (κ3) is 4.07. The number of hydrogen-bond acceptors (Lipinski definition) is 2. The standard InChI is InChI=1S/C19H28N4S/c1-3-16-14-23(11-12-24-16)19(20-2)21-10-6-7-15-13-22-18-9-5-4-8-17(15)18/h4-5,8-9,13,16,22H,3,6-7,10-12,14H2,1-2H3,(H,20,21). The van der Waals surface area contributed by atoms with E-state index in [2.05, 4.69) is 69.3 Å². The summed E-state index contributed by atoms with van der Waals surface area (Å²) in [6.07, 6.45) is 5.58. The molecule has 1 aromatic carbocycles. The predicted octanol–water partition coefficient (Wildman–Crippen LogP) is 3.50. The number of aryl methyl sites for hydroxylation is 1. The summed E-state index contributed by atoms with van der Waals surface area (Å²) in [6.45, 7) is 5.46. The molecule has 3 rings (SSSR count). The van der Waals surface area contributed by atoms with Crippen LogP contribution < -0.4 is 5.32 Å². The van der Waals surface area contributed by atoms with E-state index in [4.69, 9.17) is 0 Å². The number of rotatable bonds is 5. The lowest BCUT2D eigenvalue weighted by Crippen LogP contribution is -2.48. The molecule has 4 nitrogen and oxygen atoms in total. The number of benzene rings is 1. The van der Waals surface area contributed by atoms with Crippen LogP contribution in [-0.2, 0) is 6.42 Å². The van der Waals surface area contributed by atoms with E-state index < -0.39 is 0 Å². The molecule has 0 saturated carbocycles. The fourth-order valence-corrected chi connectivity index (χ4v) is 4.49. The number of para-hydroxylation sites is 1. The summed E-state index contributed by atoms with van der Waals surface area (Å²) in [5.74, 6) is 2.27. The Morgan fingerprint density at radius 2 is 2.29 bits per heavy atom. The summed E-state index contributed by atoms with van der Waals surface area (Å²) in [5.41, 5.74) is 2.63. The SMILES string of the molecule is CCC1CN(C(=NC)NCCCc2c[nH]c3ccccc23)CCS1. The zero-order valence-electron chi connectivity index (χ0n) is 14.7.